The third kappa shape index (κ3) is 2.97. The minimum absolute atomic E-state index is 0.0679. The zero-order chi connectivity index (χ0) is 16.4. The van der Waals surface area contributed by atoms with Crippen molar-refractivity contribution in [2.45, 2.75) is 25.8 Å². The molecule has 3 rings (SSSR count). The van der Waals surface area contributed by atoms with Gasteiger partial charge in [0.1, 0.15) is 0 Å². The summed E-state index contributed by atoms with van der Waals surface area (Å²) in [6.45, 7) is 2.44. The summed E-state index contributed by atoms with van der Waals surface area (Å²) >= 11 is 0. The topological polar surface area (TPSA) is 57.6 Å². The lowest BCUT2D eigenvalue weighted by atomic mass is 10.0. The van der Waals surface area contributed by atoms with Crippen molar-refractivity contribution in [2.24, 2.45) is 0 Å². The van der Waals surface area contributed by atoms with Crippen LogP contribution in [0.2, 0.25) is 0 Å². The predicted octanol–water partition coefficient (Wildman–Crippen LogP) is 3.67. The number of carbonyl (C=O) groups excluding carboxylic acids is 1. The van der Waals surface area contributed by atoms with Crippen LogP contribution in [-0.2, 0) is 0 Å². The van der Waals surface area contributed by atoms with E-state index in [0.29, 0.717) is 17.7 Å². The Morgan fingerprint density at radius 3 is 2.57 bits per heavy atom. The van der Waals surface area contributed by atoms with Gasteiger partial charge in [0.25, 0.3) is 5.91 Å². The first kappa shape index (κ1) is 15.3. The van der Waals surface area contributed by atoms with Crippen molar-refractivity contribution in [3.8, 4) is 0 Å². The summed E-state index contributed by atoms with van der Waals surface area (Å²) in [6, 6.07) is 15.0. The molecule has 0 saturated carbocycles. The lowest BCUT2D eigenvalue weighted by Gasteiger charge is -2.25. The quantitative estimate of drug-likeness (QED) is 0.941. The fraction of sp³-hybridized carbons (Fsp3) is 0.263. The molecule has 1 N–H and O–H groups in total. The third-order valence-electron chi connectivity index (χ3n) is 4.41. The van der Waals surface area contributed by atoms with Crippen LogP contribution in [0.25, 0.3) is 0 Å². The maximum atomic E-state index is 12.8. The van der Waals surface area contributed by atoms with Crippen molar-refractivity contribution >= 4 is 11.9 Å². The summed E-state index contributed by atoms with van der Waals surface area (Å²) in [4.78, 5) is 26.0. The second-order valence-corrected chi connectivity index (χ2v) is 5.90. The molecule has 4 nitrogen and oxygen atoms in total. The fourth-order valence-electron chi connectivity index (χ4n) is 3.18. The number of benzene rings is 2. The lowest BCUT2D eigenvalue weighted by Crippen LogP contribution is -2.30. The number of carboxylic acids is 1. The Morgan fingerprint density at radius 2 is 1.87 bits per heavy atom. The smallest absolute Gasteiger partial charge is 0.335 e. The number of hydrogen-bond acceptors (Lipinski definition) is 2. The molecule has 1 amide bonds. The van der Waals surface area contributed by atoms with Crippen LogP contribution in [0, 0.1) is 6.92 Å². The highest BCUT2D eigenvalue weighted by atomic mass is 16.4. The lowest BCUT2D eigenvalue weighted by molar-refractivity contribution is 0.0696. The molecule has 2 aromatic carbocycles. The molecule has 1 saturated heterocycles. The highest BCUT2D eigenvalue weighted by Crippen LogP contribution is 2.33. The molecule has 1 unspecified atom stereocenters. The first-order valence-corrected chi connectivity index (χ1v) is 7.78. The molecule has 0 radical (unpaired) electrons. The molecule has 0 aromatic heterocycles. The molecular weight excluding hydrogens is 290 g/mol. The number of aryl methyl sites for hydroxylation is 1. The summed E-state index contributed by atoms with van der Waals surface area (Å²) in [5.41, 5.74) is 2.42. The Kier molecular flexibility index (Phi) is 4.15. The van der Waals surface area contributed by atoms with Gasteiger partial charge in [0.05, 0.1) is 11.6 Å². The Hall–Kier alpha value is -2.62. The van der Waals surface area contributed by atoms with E-state index in [1.807, 2.05) is 35.2 Å². The van der Waals surface area contributed by atoms with Crippen molar-refractivity contribution in [1.29, 1.82) is 0 Å². The highest BCUT2D eigenvalue weighted by molar-refractivity contribution is 5.98. The fourth-order valence-corrected chi connectivity index (χ4v) is 3.18. The summed E-state index contributed by atoms with van der Waals surface area (Å²) in [6.07, 6.45) is 1.90. The summed E-state index contributed by atoms with van der Waals surface area (Å²) < 4.78 is 0. The number of likely N-dealkylation sites (tertiary alicyclic amines) is 1. The van der Waals surface area contributed by atoms with Gasteiger partial charge in [-0.1, -0.05) is 36.4 Å². The van der Waals surface area contributed by atoms with Gasteiger partial charge in [0, 0.05) is 12.1 Å². The van der Waals surface area contributed by atoms with Crippen molar-refractivity contribution in [3.63, 3.8) is 0 Å². The first-order chi connectivity index (χ1) is 11.1. The average Bonchev–Trinajstić information content (AvgIpc) is 3.04. The van der Waals surface area contributed by atoms with Crippen LogP contribution in [-0.4, -0.2) is 28.4 Å². The average molecular weight is 309 g/mol. The normalized spacial score (nSPS) is 17.3. The molecule has 118 valence electrons. The molecule has 2 aromatic rings. The molecule has 0 aliphatic carbocycles. The van der Waals surface area contributed by atoms with E-state index in [-0.39, 0.29) is 17.5 Å². The van der Waals surface area contributed by atoms with E-state index in [2.05, 4.69) is 0 Å². The van der Waals surface area contributed by atoms with E-state index in [1.54, 1.807) is 19.1 Å². The number of carboxylic acid groups (broad SMARTS) is 1. The highest BCUT2D eigenvalue weighted by Gasteiger charge is 2.30. The van der Waals surface area contributed by atoms with Crippen LogP contribution in [0.3, 0.4) is 0 Å². The van der Waals surface area contributed by atoms with Gasteiger partial charge in [0.2, 0.25) is 0 Å². The van der Waals surface area contributed by atoms with Crippen LogP contribution in [0.4, 0.5) is 0 Å². The van der Waals surface area contributed by atoms with Gasteiger partial charge in [-0.2, -0.15) is 0 Å². The summed E-state index contributed by atoms with van der Waals surface area (Å²) in [7, 11) is 0. The molecule has 1 aliphatic rings. The van der Waals surface area contributed by atoms with Crippen LogP contribution >= 0.6 is 0 Å². The summed E-state index contributed by atoms with van der Waals surface area (Å²) in [5, 5.41) is 9.24. The van der Waals surface area contributed by atoms with E-state index >= 15 is 0 Å². The molecule has 1 heterocycles. The Morgan fingerprint density at radius 1 is 1.13 bits per heavy atom. The number of aromatic carboxylic acids is 1. The van der Waals surface area contributed by atoms with Gasteiger partial charge in [-0.15, -0.1) is 0 Å². The van der Waals surface area contributed by atoms with Gasteiger partial charge in [-0.05, 0) is 43.0 Å². The molecule has 1 atom stereocenters. The van der Waals surface area contributed by atoms with Gasteiger partial charge in [0.15, 0.2) is 0 Å². The van der Waals surface area contributed by atoms with Gasteiger partial charge in [-0.25, -0.2) is 4.79 Å². The van der Waals surface area contributed by atoms with Gasteiger partial charge >= 0.3 is 5.97 Å². The largest absolute Gasteiger partial charge is 0.478 e. The second kappa shape index (κ2) is 6.24. The maximum Gasteiger partial charge on any atom is 0.335 e. The SMILES string of the molecule is Cc1ccc(C(=O)N2CCCC2c2ccccc2)cc1C(=O)O. The van der Waals surface area contributed by atoms with Crippen LogP contribution in [0.1, 0.15) is 50.7 Å². The molecule has 4 heteroatoms. The molecule has 23 heavy (non-hydrogen) atoms. The number of hydrogen-bond donors (Lipinski definition) is 1. The number of nitrogens with zero attached hydrogens (tertiary/aromatic N) is 1. The van der Waals surface area contributed by atoms with Crippen molar-refractivity contribution in [2.75, 3.05) is 6.54 Å². The second-order valence-electron chi connectivity index (χ2n) is 5.90. The van der Waals surface area contributed by atoms with Crippen molar-refractivity contribution < 1.29 is 14.7 Å². The van der Waals surface area contributed by atoms with E-state index in [4.69, 9.17) is 0 Å². The Bertz CT molecular complexity index is 740. The Labute approximate surface area is 135 Å². The minimum atomic E-state index is -1.00. The molecular formula is C19H19NO3. The molecule has 0 spiro atoms. The zero-order valence-electron chi connectivity index (χ0n) is 13.0. The number of amides is 1. The van der Waals surface area contributed by atoms with E-state index < -0.39 is 5.97 Å². The monoisotopic (exact) mass is 309 g/mol. The molecule has 1 fully saturated rings. The minimum Gasteiger partial charge on any atom is -0.478 e. The Balaban J connectivity index is 1.91. The number of carbonyl (C=O) groups is 2. The molecule has 1 aliphatic heterocycles. The van der Waals surface area contributed by atoms with Gasteiger partial charge < -0.3 is 10.0 Å². The first-order valence-electron chi connectivity index (χ1n) is 7.78. The number of rotatable bonds is 3. The molecule has 0 bridgehead atoms. The van der Waals surface area contributed by atoms with E-state index in [1.165, 1.54) is 6.07 Å². The van der Waals surface area contributed by atoms with Crippen LogP contribution in [0.15, 0.2) is 48.5 Å². The third-order valence-corrected chi connectivity index (χ3v) is 4.41. The van der Waals surface area contributed by atoms with Crippen molar-refractivity contribution in [1.82, 2.24) is 4.90 Å². The summed E-state index contributed by atoms with van der Waals surface area (Å²) in [5.74, 6) is -1.10. The van der Waals surface area contributed by atoms with Crippen LogP contribution in [0.5, 0.6) is 0 Å². The standard InChI is InChI=1S/C19H19NO3/c1-13-9-10-15(12-16(13)19(22)23)18(21)20-11-5-8-17(20)14-6-3-2-4-7-14/h2-4,6-7,9-10,12,17H,5,8,11H2,1H3,(H,22,23). The van der Waals surface area contributed by atoms with E-state index in [0.717, 1.165) is 18.4 Å². The van der Waals surface area contributed by atoms with Crippen molar-refractivity contribution in [3.05, 3.63) is 70.8 Å². The van der Waals surface area contributed by atoms with Crippen LogP contribution < -0.4 is 0 Å². The zero-order valence-corrected chi connectivity index (χ0v) is 13.0. The van der Waals surface area contributed by atoms with E-state index in [9.17, 15) is 14.7 Å². The maximum absolute atomic E-state index is 12.8. The van der Waals surface area contributed by atoms with Gasteiger partial charge in [-0.3, -0.25) is 4.79 Å². The predicted molar refractivity (Wildman–Crippen MR) is 87.6 cm³/mol.